The highest BCUT2D eigenvalue weighted by Gasteiger charge is 2.19. The molecule has 180 valence electrons. The lowest BCUT2D eigenvalue weighted by atomic mass is 9.68. The standard InChI is InChI=1S/C22H38B3N9/c1-9-32(10-2-23-1)15-7-26-18-17-28-19-20(27-8-16-33-11-3-24-4-12-33)30-22(31-21(19)29-18)34-13-5-25-6-14-34/h17,23-25H,1-16H2,(H2,26,27,29,30,31). The molecule has 0 aliphatic carbocycles. The summed E-state index contributed by atoms with van der Waals surface area (Å²) in [5.74, 6) is 2.40. The number of hydrogen-bond donors (Lipinski definition) is 2. The van der Waals surface area contributed by atoms with E-state index < -0.39 is 0 Å². The molecule has 0 spiro atoms. The van der Waals surface area contributed by atoms with Crippen LogP contribution in [-0.4, -0.2) is 117 Å². The molecule has 3 fully saturated rings. The molecule has 3 aliphatic heterocycles. The fourth-order valence-electron chi connectivity index (χ4n) is 5.38. The fourth-order valence-corrected chi connectivity index (χ4v) is 5.38. The first-order valence-electron chi connectivity index (χ1n) is 13.6. The average molecular weight is 461 g/mol. The minimum Gasteiger partial charge on any atom is -0.367 e. The molecule has 3 saturated heterocycles. The third-order valence-electron chi connectivity index (χ3n) is 7.39. The predicted molar refractivity (Wildman–Crippen MR) is 147 cm³/mol. The number of rotatable bonds is 9. The lowest BCUT2D eigenvalue weighted by Crippen LogP contribution is -2.35. The van der Waals surface area contributed by atoms with E-state index >= 15 is 0 Å². The van der Waals surface area contributed by atoms with Gasteiger partial charge in [-0.2, -0.15) is 9.97 Å². The second-order valence-electron chi connectivity index (χ2n) is 10.0. The van der Waals surface area contributed by atoms with Gasteiger partial charge in [0.25, 0.3) is 0 Å². The molecule has 0 radical (unpaired) electrons. The van der Waals surface area contributed by atoms with E-state index in [9.17, 15) is 0 Å². The molecule has 2 aromatic rings. The Hall–Kier alpha value is -2.07. The third kappa shape index (κ3) is 6.33. The number of nitrogens with one attached hydrogen (secondary N) is 2. The van der Waals surface area contributed by atoms with Gasteiger partial charge in [0.15, 0.2) is 17.0 Å². The van der Waals surface area contributed by atoms with Crippen molar-refractivity contribution in [2.45, 2.75) is 37.9 Å². The van der Waals surface area contributed by atoms with Gasteiger partial charge < -0.3 is 25.3 Å². The second-order valence-corrected chi connectivity index (χ2v) is 10.0. The van der Waals surface area contributed by atoms with Gasteiger partial charge in [-0.15, -0.1) is 0 Å². The Labute approximate surface area is 205 Å². The molecule has 0 unspecified atom stereocenters. The molecule has 0 amide bonds. The first-order chi connectivity index (χ1) is 16.8. The van der Waals surface area contributed by atoms with E-state index in [1.165, 1.54) is 85.9 Å². The summed E-state index contributed by atoms with van der Waals surface area (Å²) in [6.07, 6.45) is 9.49. The van der Waals surface area contributed by atoms with Crippen molar-refractivity contribution in [2.24, 2.45) is 0 Å². The van der Waals surface area contributed by atoms with Crippen molar-refractivity contribution in [3.05, 3.63) is 6.20 Å². The lowest BCUT2D eigenvalue weighted by Gasteiger charge is -2.27. The van der Waals surface area contributed by atoms with Crippen molar-refractivity contribution in [3.63, 3.8) is 0 Å². The van der Waals surface area contributed by atoms with E-state index in [2.05, 4.69) is 25.3 Å². The molecule has 5 rings (SSSR count). The number of nitrogens with zero attached hydrogens (tertiary/aromatic N) is 7. The van der Waals surface area contributed by atoms with Crippen LogP contribution >= 0.6 is 0 Å². The maximum atomic E-state index is 4.92. The maximum absolute atomic E-state index is 4.92. The zero-order valence-corrected chi connectivity index (χ0v) is 20.6. The monoisotopic (exact) mass is 461 g/mol. The van der Waals surface area contributed by atoms with Gasteiger partial charge in [0.2, 0.25) is 5.95 Å². The molecule has 0 aromatic carbocycles. The van der Waals surface area contributed by atoms with Crippen molar-refractivity contribution in [2.75, 3.05) is 81.0 Å². The zero-order chi connectivity index (χ0) is 23.0. The van der Waals surface area contributed by atoms with Crippen molar-refractivity contribution < 1.29 is 0 Å². The van der Waals surface area contributed by atoms with Crippen LogP contribution in [0.25, 0.3) is 11.2 Å². The summed E-state index contributed by atoms with van der Waals surface area (Å²) in [5, 5.41) is 7.04. The quantitative estimate of drug-likeness (QED) is 0.520. The van der Waals surface area contributed by atoms with Crippen molar-refractivity contribution in [1.82, 2.24) is 29.7 Å². The molecule has 5 heterocycles. The van der Waals surface area contributed by atoms with Crippen LogP contribution in [0.5, 0.6) is 0 Å². The van der Waals surface area contributed by atoms with Gasteiger partial charge in [-0.05, 0) is 26.2 Å². The molecule has 0 atom stereocenters. The molecule has 3 aliphatic rings. The van der Waals surface area contributed by atoms with E-state index in [1.54, 1.807) is 0 Å². The SMILES string of the molecule is B1CCN(CCNc2cnc3c(NCCN4CCBCC4)nc(N4CCBCC4)nc3n2)CC1. The molecule has 34 heavy (non-hydrogen) atoms. The Morgan fingerprint density at radius 2 is 1.29 bits per heavy atom. The number of hydrogen-bond acceptors (Lipinski definition) is 9. The van der Waals surface area contributed by atoms with E-state index in [1.807, 2.05) is 6.20 Å². The summed E-state index contributed by atoms with van der Waals surface area (Å²) in [7, 11) is 4.02. The predicted octanol–water partition coefficient (Wildman–Crippen LogP) is 0.514. The molecule has 0 saturated carbocycles. The average Bonchev–Trinajstić information content (AvgIpc) is 2.90. The van der Waals surface area contributed by atoms with Gasteiger partial charge in [-0.3, -0.25) is 0 Å². The van der Waals surface area contributed by atoms with Crippen LogP contribution < -0.4 is 15.5 Å². The Bertz CT molecular complexity index is 916. The normalized spacial score (nSPS) is 19.8. The minimum atomic E-state index is 0.680. The number of anilines is 3. The summed E-state index contributed by atoms with van der Waals surface area (Å²) in [6.45, 7) is 10.7. The van der Waals surface area contributed by atoms with E-state index in [0.29, 0.717) is 5.65 Å². The van der Waals surface area contributed by atoms with Crippen molar-refractivity contribution >= 4 is 50.6 Å². The summed E-state index contributed by atoms with van der Waals surface area (Å²) in [4.78, 5) is 26.7. The summed E-state index contributed by atoms with van der Waals surface area (Å²) in [6, 6.07) is 0. The Balaban J connectivity index is 1.29. The summed E-state index contributed by atoms with van der Waals surface area (Å²) in [5.41, 5.74) is 1.44. The van der Waals surface area contributed by atoms with Crippen LogP contribution in [0.15, 0.2) is 6.20 Å². The number of aromatic nitrogens is 4. The number of fused-ring (bicyclic) bond motifs is 1. The smallest absolute Gasteiger partial charge is 0.229 e. The van der Waals surface area contributed by atoms with Gasteiger partial charge in [-0.1, -0.05) is 37.9 Å². The van der Waals surface area contributed by atoms with E-state index in [0.717, 1.165) is 62.4 Å². The zero-order valence-electron chi connectivity index (χ0n) is 20.6. The summed E-state index contributed by atoms with van der Waals surface area (Å²) >= 11 is 0. The highest BCUT2D eigenvalue weighted by Crippen LogP contribution is 2.23. The Kier molecular flexibility index (Phi) is 8.40. The highest BCUT2D eigenvalue weighted by atomic mass is 15.3. The largest absolute Gasteiger partial charge is 0.367 e. The molecule has 9 nitrogen and oxygen atoms in total. The second kappa shape index (κ2) is 12.1. The van der Waals surface area contributed by atoms with Crippen LogP contribution in [0.4, 0.5) is 17.6 Å². The van der Waals surface area contributed by atoms with Gasteiger partial charge >= 0.3 is 0 Å². The lowest BCUT2D eigenvalue weighted by molar-refractivity contribution is 0.305. The molecular weight excluding hydrogens is 423 g/mol. The van der Waals surface area contributed by atoms with Gasteiger partial charge in [0.05, 0.1) is 6.20 Å². The first-order valence-corrected chi connectivity index (χ1v) is 13.6. The van der Waals surface area contributed by atoms with Crippen LogP contribution in [0.2, 0.25) is 37.9 Å². The Morgan fingerprint density at radius 3 is 1.94 bits per heavy atom. The van der Waals surface area contributed by atoms with Crippen LogP contribution in [0, 0.1) is 0 Å². The molecular formula is C22H38B3N9. The van der Waals surface area contributed by atoms with Crippen LogP contribution in [0.1, 0.15) is 0 Å². The minimum absolute atomic E-state index is 0.680. The maximum Gasteiger partial charge on any atom is 0.229 e. The van der Waals surface area contributed by atoms with Gasteiger partial charge in [-0.25, -0.2) is 9.97 Å². The molecule has 2 N–H and O–H groups in total. The Morgan fingerprint density at radius 1 is 0.706 bits per heavy atom. The summed E-state index contributed by atoms with van der Waals surface area (Å²) < 4.78 is 0. The van der Waals surface area contributed by atoms with Crippen LogP contribution in [-0.2, 0) is 0 Å². The fraction of sp³-hybridized carbons (Fsp3) is 0.727. The van der Waals surface area contributed by atoms with E-state index in [4.69, 9.17) is 19.9 Å². The van der Waals surface area contributed by atoms with Crippen molar-refractivity contribution in [1.29, 1.82) is 0 Å². The first kappa shape index (κ1) is 23.7. The molecule has 12 heteroatoms. The molecule has 2 aromatic heterocycles. The van der Waals surface area contributed by atoms with Crippen LogP contribution in [0.3, 0.4) is 0 Å². The van der Waals surface area contributed by atoms with E-state index in [-0.39, 0.29) is 0 Å². The molecule has 0 bridgehead atoms. The third-order valence-corrected chi connectivity index (χ3v) is 7.39. The topological polar surface area (TPSA) is 85.3 Å². The van der Waals surface area contributed by atoms with Crippen molar-refractivity contribution in [3.8, 4) is 0 Å². The highest BCUT2D eigenvalue weighted by molar-refractivity contribution is 6.36. The van der Waals surface area contributed by atoms with Gasteiger partial charge in [0, 0.05) is 39.3 Å². The van der Waals surface area contributed by atoms with Gasteiger partial charge in [0.1, 0.15) is 27.7 Å².